The average Bonchev–Trinajstić information content (AvgIpc) is 2.84. The highest BCUT2D eigenvalue weighted by atomic mass is 16.5. The predicted octanol–water partition coefficient (Wildman–Crippen LogP) is 4.11. The standard InChI is InChI=1S/C25H24N2O5/c28-24(26-20-9-11-21(12-10-20)27-13-15-30-16-14-27)18-31-25(29)19-5-4-8-23(17-19)32-22-6-2-1-3-7-22/h1-12,17H,13-16,18H2,(H,26,28). The number of hydrogen-bond acceptors (Lipinski definition) is 6. The summed E-state index contributed by atoms with van der Waals surface area (Å²) in [6, 6.07) is 23.5. The van der Waals surface area contributed by atoms with Crippen LogP contribution in [0.15, 0.2) is 78.9 Å². The van der Waals surface area contributed by atoms with Crippen LogP contribution in [0.3, 0.4) is 0 Å². The van der Waals surface area contributed by atoms with Crippen molar-refractivity contribution in [3.05, 3.63) is 84.4 Å². The number of anilines is 2. The lowest BCUT2D eigenvalue weighted by Crippen LogP contribution is -2.36. The first-order valence-electron chi connectivity index (χ1n) is 10.4. The monoisotopic (exact) mass is 432 g/mol. The van der Waals surface area contributed by atoms with Gasteiger partial charge in [-0.1, -0.05) is 24.3 Å². The van der Waals surface area contributed by atoms with Gasteiger partial charge in [0.1, 0.15) is 11.5 Å². The number of benzene rings is 3. The van der Waals surface area contributed by atoms with Crippen molar-refractivity contribution in [1.29, 1.82) is 0 Å². The van der Waals surface area contributed by atoms with Gasteiger partial charge >= 0.3 is 5.97 Å². The van der Waals surface area contributed by atoms with Crippen LogP contribution < -0.4 is 15.0 Å². The largest absolute Gasteiger partial charge is 0.457 e. The van der Waals surface area contributed by atoms with E-state index in [0.29, 0.717) is 36.0 Å². The third-order valence-electron chi connectivity index (χ3n) is 4.91. The molecule has 0 saturated carbocycles. The second-order valence-corrected chi connectivity index (χ2v) is 7.21. The van der Waals surface area contributed by atoms with Gasteiger partial charge < -0.3 is 24.4 Å². The molecule has 0 aliphatic carbocycles. The zero-order valence-electron chi connectivity index (χ0n) is 17.5. The second-order valence-electron chi connectivity index (χ2n) is 7.21. The van der Waals surface area contributed by atoms with Crippen LogP contribution in [0.4, 0.5) is 11.4 Å². The van der Waals surface area contributed by atoms with E-state index in [0.717, 1.165) is 18.8 Å². The Morgan fingerprint density at radius 3 is 2.34 bits per heavy atom. The fourth-order valence-corrected chi connectivity index (χ4v) is 3.30. The van der Waals surface area contributed by atoms with E-state index in [2.05, 4.69) is 10.2 Å². The molecule has 0 spiro atoms. The summed E-state index contributed by atoms with van der Waals surface area (Å²) in [5, 5.41) is 2.74. The lowest BCUT2D eigenvalue weighted by molar-refractivity contribution is -0.119. The Labute approximate surface area is 186 Å². The zero-order chi connectivity index (χ0) is 22.2. The van der Waals surface area contributed by atoms with E-state index in [-0.39, 0.29) is 6.61 Å². The molecule has 0 bridgehead atoms. The van der Waals surface area contributed by atoms with E-state index in [1.165, 1.54) is 0 Å². The van der Waals surface area contributed by atoms with Gasteiger partial charge in [0.2, 0.25) is 0 Å². The Kier molecular flexibility index (Phi) is 6.99. The molecule has 164 valence electrons. The van der Waals surface area contributed by atoms with Gasteiger partial charge in [-0.25, -0.2) is 4.79 Å². The van der Waals surface area contributed by atoms with Crippen LogP contribution in [0.5, 0.6) is 11.5 Å². The fraction of sp³-hybridized carbons (Fsp3) is 0.200. The number of esters is 1. The number of ether oxygens (including phenoxy) is 3. The number of rotatable bonds is 7. The number of nitrogens with zero attached hydrogens (tertiary/aromatic N) is 1. The van der Waals surface area contributed by atoms with Crippen molar-refractivity contribution in [1.82, 2.24) is 0 Å². The van der Waals surface area contributed by atoms with Gasteiger partial charge in [-0.2, -0.15) is 0 Å². The number of amides is 1. The highest BCUT2D eigenvalue weighted by Gasteiger charge is 2.13. The number of para-hydroxylation sites is 1. The van der Waals surface area contributed by atoms with Crippen LogP contribution in [0.2, 0.25) is 0 Å². The summed E-state index contributed by atoms with van der Waals surface area (Å²) in [6.45, 7) is 2.74. The molecule has 4 rings (SSSR count). The summed E-state index contributed by atoms with van der Waals surface area (Å²) in [6.07, 6.45) is 0. The summed E-state index contributed by atoms with van der Waals surface area (Å²) in [5.41, 5.74) is 2.03. The van der Waals surface area contributed by atoms with Crippen molar-refractivity contribution < 1.29 is 23.8 Å². The average molecular weight is 432 g/mol. The van der Waals surface area contributed by atoms with Gasteiger partial charge in [-0.3, -0.25) is 4.79 Å². The summed E-state index contributed by atoms with van der Waals surface area (Å²) in [5.74, 6) is 0.169. The molecule has 3 aromatic carbocycles. The lowest BCUT2D eigenvalue weighted by atomic mass is 10.2. The van der Waals surface area contributed by atoms with Crippen LogP contribution in [0, 0.1) is 0 Å². The maximum Gasteiger partial charge on any atom is 0.338 e. The molecular formula is C25H24N2O5. The van der Waals surface area contributed by atoms with Crippen LogP contribution in [-0.2, 0) is 14.3 Å². The minimum atomic E-state index is -0.596. The third-order valence-corrected chi connectivity index (χ3v) is 4.91. The Morgan fingerprint density at radius 2 is 1.59 bits per heavy atom. The van der Waals surface area contributed by atoms with Gasteiger partial charge in [0.25, 0.3) is 5.91 Å². The number of carbonyl (C=O) groups excluding carboxylic acids is 2. The van der Waals surface area contributed by atoms with Crippen LogP contribution >= 0.6 is 0 Å². The maximum absolute atomic E-state index is 12.4. The minimum absolute atomic E-state index is 0.307. The molecule has 1 aliphatic rings. The Hall–Kier alpha value is -3.84. The molecule has 0 aromatic heterocycles. The van der Waals surface area contributed by atoms with E-state index in [9.17, 15) is 9.59 Å². The molecule has 7 nitrogen and oxygen atoms in total. The molecule has 1 amide bonds. The van der Waals surface area contributed by atoms with E-state index >= 15 is 0 Å². The van der Waals surface area contributed by atoms with Crippen LogP contribution in [-0.4, -0.2) is 44.8 Å². The molecule has 32 heavy (non-hydrogen) atoms. The number of hydrogen-bond donors (Lipinski definition) is 1. The molecule has 1 N–H and O–H groups in total. The van der Waals surface area contributed by atoms with Crippen molar-refractivity contribution >= 4 is 23.3 Å². The van der Waals surface area contributed by atoms with Gasteiger partial charge in [0.15, 0.2) is 6.61 Å². The third kappa shape index (κ3) is 5.86. The topological polar surface area (TPSA) is 77.1 Å². The van der Waals surface area contributed by atoms with Crippen LogP contribution in [0.1, 0.15) is 10.4 Å². The molecular weight excluding hydrogens is 408 g/mol. The number of nitrogens with one attached hydrogen (secondary N) is 1. The minimum Gasteiger partial charge on any atom is -0.457 e. The van der Waals surface area contributed by atoms with E-state index < -0.39 is 11.9 Å². The second kappa shape index (κ2) is 10.5. The van der Waals surface area contributed by atoms with Crippen LogP contribution in [0.25, 0.3) is 0 Å². The Bertz CT molecular complexity index is 1050. The fourth-order valence-electron chi connectivity index (χ4n) is 3.30. The van der Waals surface area contributed by atoms with Crippen molar-refractivity contribution in [2.75, 3.05) is 43.1 Å². The Morgan fingerprint density at radius 1 is 0.875 bits per heavy atom. The molecule has 1 heterocycles. The van der Waals surface area contributed by atoms with Gasteiger partial charge in [-0.05, 0) is 54.6 Å². The van der Waals surface area contributed by atoms with E-state index in [1.54, 1.807) is 24.3 Å². The highest BCUT2D eigenvalue weighted by molar-refractivity contribution is 5.95. The lowest BCUT2D eigenvalue weighted by Gasteiger charge is -2.28. The van der Waals surface area contributed by atoms with E-state index in [1.807, 2.05) is 54.6 Å². The first-order chi connectivity index (χ1) is 15.7. The molecule has 7 heteroatoms. The van der Waals surface area contributed by atoms with Crippen molar-refractivity contribution in [2.24, 2.45) is 0 Å². The molecule has 1 saturated heterocycles. The van der Waals surface area contributed by atoms with Crippen molar-refractivity contribution in [2.45, 2.75) is 0 Å². The van der Waals surface area contributed by atoms with E-state index in [4.69, 9.17) is 14.2 Å². The summed E-state index contributed by atoms with van der Waals surface area (Å²) in [4.78, 5) is 26.8. The maximum atomic E-state index is 12.4. The molecule has 3 aromatic rings. The van der Waals surface area contributed by atoms with Gasteiger partial charge in [0.05, 0.1) is 18.8 Å². The zero-order valence-corrected chi connectivity index (χ0v) is 17.5. The first kappa shape index (κ1) is 21.4. The predicted molar refractivity (Wildman–Crippen MR) is 121 cm³/mol. The van der Waals surface area contributed by atoms with Crippen molar-refractivity contribution in [3.8, 4) is 11.5 Å². The smallest absolute Gasteiger partial charge is 0.338 e. The quantitative estimate of drug-likeness (QED) is 0.566. The molecule has 0 atom stereocenters. The normalized spacial score (nSPS) is 13.3. The summed E-state index contributed by atoms with van der Waals surface area (Å²) >= 11 is 0. The first-order valence-corrected chi connectivity index (χ1v) is 10.4. The Balaban J connectivity index is 1.27. The SMILES string of the molecule is O=C(COC(=O)c1cccc(Oc2ccccc2)c1)Nc1ccc(N2CCOCC2)cc1. The van der Waals surface area contributed by atoms with Crippen molar-refractivity contribution in [3.63, 3.8) is 0 Å². The summed E-state index contributed by atoms with van der Waals surface area (Å²) in [7, 11) is 0. The molecule has 0 unspecified atom stereocenters. The molecule has 1 fully saturated rings. The molecule has 1 aliphatic heterocycles. The molecule has 0 radical (unpaired) electrons. The highest BCUT2D eigenvalue weighted by Crippen LogP contribution is 2.22. The van der Waals surface area contributed by atoms with Gasteiger partial charge in [-0.15, -0.1) is 0 Å². The van der Waals surface area contributed by atoms with Gasteiger partial charge in [0, 0.05) is 24.5 Å². The summed E-state index contributed by atoms with van der Waals surface area (Å²) < 4.78 is 16.2. The number of morpholine rings is 1. The number of carbonyl (C=O) groups is 2.